The Kier molecular flexibility index (Phi) is 8.89. The molecule has 2 nitrogen and oxygen atoms in total. The first-order chi connectivity index (χ1) is 7.90. The number of hydrogen-bond acceptors (Lipinski definition) is 2. The Balaban J connectivity index is 3.45. The second-order valence-corrected chi connectivity index (χ2v) is 6.19. The van der Waals surface area contributed by atoms with Crippen LogP contribution in [0.25, 0.3) is 0 Å². The molecular formula is C15H34N2. The molecule has 0 atom stereocenters. The van der Waals surface area contributed by atoms with E-state index in [9.17, 15) is 0 Å². The summed E-state index contributed by atoms with van der Waals surface area (Å²) in [6.07, 6.45) is 6.53. The third-order valence-corrected chi connectivity index (χ3v) is 3.41. The number of hydrogen-bond donors (Lipinski definition) is 1. The first kappa shape index (κ1) is 16.9. The van der Waals surface area contributed by atoms with Gasteiger partial charge in [-0.1, -0.05) is 20.3 Å². The van der Waals surface area contributed by atoms with Gasteiger partial charge in [0.25, 0.3) is 0 Å². The van der Waals surface area contributed by atoms with Crippen molar-refractivity contribution in [1.82, 2.24) is 10.2 Å². The fourth-order valence-electron chi connectivity index (χ4n) is 2.22. The lowest BCUT2D eigenvalue weighted by atomic mass is 10.1. The number of unbranched alkanes of at least 4 members (excludes halogenated alkanes) is 2. The summed E-state index contributed by atoms with van der Waals surface area (Å²) < 4.78 is 0. The Morgan fingerprint density at radius 2 is 1.59 bits per heavy atom. The highest BCUT2D eigenvalue weighted by Gasteiger charge is 2.10. The minimum atomic E-state index is 0.270. The summed E-state index contributed by atoms with van der Waals surface area (Å²) in [6, 6.07) is 0.780. The van der Waals surface area contributed by atoms with Gasteiger partial charge in [0.1, 0.15) is 0 Å². The van der Waals surface area contributed by atoms with Crippen molar-refractivity contribution < 1.29 is 0 Å². The zero-order valence-corrected chi connectivity index (χ0v) is 13.0. The van der Waals surface area contributed by atoms with Crippen molar-refractivity contribution in [1.29, 1.82) is 0 Å². The number of rotatable bonds is 9. The van der Waals surface area contributed by atoms with Gasteiger partial charge in [0.15, 0.2) is 0 Å². The lowest BCUT2D eigenvalue weighted by Crippen LogP contribution is -2.36. The molecule has 0 aliphatic heterocycles. The third-order valence-electron chi connectivity index (χ3n) is 3.41. The van der Waals surface area contributed by atoms with E-state index in [0.717, 1.165) is 12.6 Å². The third kappa shape index (κ3) is 9.61. The molecule has 0 bridgehead atoms. The van der Waals surface area contributed by atoms with E-state index in [1.54, 1.807) is 0 Å². The largest absolute Gasteiger partial charge is 0.312 e. The van der Waals surface area contributed by atoms with Crippen molar-refractivity contribution in [2.75, 3.05) is 20.1 Å². The summed E-state index contributed by atoms with van der Waals surface area (Å²) in [5, 5.41) is 3.54. The molecule has 0 radical (unpaired) electrons. The molecule has 2 heteroatoms. The highest BCUT2D eigenvalue weighted by atomic mass is 15.1. The van der Waals surface area contributed by atoms with Crippen molar-refractivity contribution in [3.63, 3.8) is 0 Å². The summed E-state index contributed by atoms with van der Waals surface area (Å²) in [7, 11) is 2.27. The molecule has 0 unspecified atom stereocenters. The fraction of sp³-hybridized carbons (Fsp3) is 1.00. The van der Waals surface area contributed by atoms with Crippen LogP contribution in [0.4, 0.5) is 0 Å². The smallest absolute Gasteiger partial charge is 0.00965 e. The SMILES string of the molecule is CCC(CC)N(C)CCCCCNC(C)(C)C. The molecule has 0 amide bonds. The first-order valence-electron chi connectivity index (χ1n) is 7.36. The van der Waals surface area contributed by atoms with Crippen LogP contribution >= 0.6 is 0 Å². The van der Waals surface area contributed by atoms with Crippen molar-refractivity contribution in [2.24, 2.45) is 0 Å². The molecule has 0 saturated carbocycles. The van der Waals surface area contributed by atoms with Gasteiger partial charge in [-0.05, 0) is 66.6 Å². The summed E-state index contributed by atoms with van der Waals surface area (Å²) in [6.45, 7) is 13.7. The van der Waals surface area contributed by atoms with Crippen LogP contribution in [0.5, 0.6) is 0 Å². The number of nitrogens with one attached hydrogen (secondary N) is 1. The van der Waals surface area contributed by atoms with E-state index < -0.39 is 0 Å². The summed E-state index contributed by atoms with van der Waals surface area (Å²) in [5.74, 6) is 0. The summed E-state index contributed by atoms with van der Waals surface area (Å²) >= 11 is 0. The highest BCUT2D eigenvalue weighted by molar-refractivity contribution is 4.70. The molecule has 0 heterocycles. The van der Waals surface area contributed by atoms with Crippen LogP contribution in [0.2, 0.25) is 0 Å². The van der Waals surface area contributed by atoms with Gasteiger partial charge in [-0.3, -0.25) is 0 Å². The van der Waals surface area contributed by atoms with Gasteiger partial charge >= 0.3 is 0 Å². The quantitative estimate of drug-likeness (QED) is 0.621. The van der Waals surface area contributed by atoms with E-state index in [1.165, 1.54) is 38.6 Å². The maximum atomic E-state index is 3.54. The summed E-state index contributed by atoms with van der Waals surface area (Å²) in [5.41, 5.74) is 0.270. The van der Waals surface area contributed by atoms with Gasteiger partial charge in [0, 0.05) is 11.6 Å². The molecule has 0 fully saturated rings. The van der Waals surface area contributed by atoms with E-state index in [2.05, 4.69) is 51.9 Å². The summed E-state index contributed by atoms with van der Waals surface area (Å²) in [4.78, 5) is 2.52. The molecule has 1 N–H and O–H groups in total. The maximum absolute atomic E-state index is 3.54. The van der Waals surface area contributed by atoms with Crippen molar-refractivity contribution in [3.05, 3.63) is 0 Å². The Bertz CT molecular complexity index is 168. The maximum Gasteiger partial charge on any atom is 0.00965 e. The average molecular weight is 242 g/mol. The normalized spacial score (nSPS) is 12.7. The molecule has 104 valence electrons. The fourth-order valence-corrected chi connectivity index (χ4v) is 2.22. The minimum absolute atomic E-state index is 0.270. The van der Waals surface area contributed by atoms with Crippen LogP contribution in [0.1, 0.15) is 66.7 Å². The average Bonchev–Trinajstić information content (AvgIpc) is 2.23. The molecule has 0 aromatic heterocycles. The second-order valence-electron chi connectivity index (χ2n) is 6.19. The van der Waals surface area contributed by atoms with Crippen LogP contribution in [-0.4, -0.2) is 36.6 Å². The van der Waals surface area contributed by atoms with Gasteiger partial charge < -0.3 is 10.2 Å². The Hall–Kier alpha value is -0.0800. The van der Waals surface area contributed by atoms with Gasteiger partial charge in [-0.15, -0.1) is 0 Å². The first-order valence-corrected chi connectivity index (χ1v) is 7.36. The van der Waals surface area contributed by atoms with Crippen molar-refractivity contribution in [2.45, 2.75) is 78.3 Å². The molecule has 0 saturated heterocycles. The predicted molar refractivity (Wildman–Crippen MR) is 78.6 cm³/mol. The molecule has 0 aliphatic carbocycles. The Morgan fingerprint density at radius 3 is 2.06 bits per heavy atom. The van der Waals surface area contributed by atoms with E-state index in [1.807, 2.05) is 0 Å². The predicted octanol–water partition coefficient (Wildman–Crippen LogP) is 3.67. The van der Waals surface area contributed by atoms with E-state index >= 15 is 0 Å². The molecule has 0 rings (SSSR count). The molecule has 17 heavy (non-hydrogen) atoms. The highest BCUT2D eigenvalue weighted by Crippen LogP contribution is 2.08. The Labute approximate surface area is 109 Å². The topological polar surface area (TPSA) is 15.3 Å². The van der Waals surface area contributed by atoms with E-state index in [-0.39, 0.29) is 5.54 Å². The van der Waals surface area contributed by atoms with Crippen LogP contribution in [0.15, 0.2) is 0 Å². The van der Waals surface area contributed by atoms with Gasteiger partial charge in [0.05, 0.1) is 0 Å². The van der Waals surface area contributed by atoms with Crippen LogP contribution in [0, 0.1) is 0 Å². The van der Waals surface area contributed by atoms with Gasteiger partial charge in [-0.2, -0.15) is 0 Å². The Morgan fingerprint density at radius 1 is 1.00 bits per heavy atom. The zero-order valence-electron chi connectivity index (χ0n) is 13.0. The van der Waals surface area contributed by atoms with Crippen LogP contribution in [0.3, 0.4) is 0 Å². The van der Waals surface area contributed by atoms with Crippen molar-refractivity contribution >= 4 is 0 Å². The van der Waals surface area contributed by atoms with Crippen LogP contribution < -0.4 is 5.32 Å². The number of nitrogens with zero attached hydrogens (tertiary/aromatic N) is 1. The molecule has 0 aliphatic rings. The van der Waals surface area contributed by atoms with Gasteiger partial charge in [-0.25, -0.2) is 0 Å². The zero-order chi connectivity index (χ0) is 13.3. The minimum Gasteiger partial charge on any atom is -0.312 e. The van der Waals surface area contributed by atoms with Crippen LogP contribution in [-0.2, 0) is 0 Å². The van der Waals surface area contributed by atoms with Crippen molar-refractivity contribution in [3.8, 4) is 0 Å². The lowest BCUT2D eigenvalue weighted by molar-refractivity contribution is 0.225. The standard InChI is InChI=1S/C15H34N2/c1-7-14(8-2)17(6)13-11-9-10-12-16-15(3,4)5/h14,16H,7-13H2,1-6H3. The van der Waals surface area contributed by atoms with E-state index in [0.29, 0.717) is 0 Å². The molecule has 0 aromatic carbocycles. The molecule has 0 spiro atoms. The second kappa shape index (κ2) is 8.93. The molecule has 0 aromatic rings. The monoisotopic (exact) mass is 242 g/mol. The van der Waals surface area contributed by atoms with Gasteiger partial charge in [0.2, 0.25) is 0 Å². The molecular weight excluding hydrogens is 208 g/mol. The van der Waals surface area contributed by atoms with E-state index in [4.69, 9.17) is 0 Å². The lowest BCUT2D eigenvalue weighted by Gasteiger charge is -2.26.